The number of nitrogens with one attached hydrogen (secondary N) is 1. The minimum Gasteiger partial charge on any atom is -0.350 e. The van der Waals surface area contributed by atoms with Gasteiger partial charge < -0.3 is 11.1 Å². The molecule has 0 bridgehead atoms. The summed E-state index contributed by atoms with van der Waals surface area (Å²) in [7, 11) is 0. The number of carbonyl (C=O) groups excluding carboxylic acids is 1. The van der Waals surface area contributed by atoms with Crippen LogP contribution in [-0.4, -0.2) is 17.4 Å². The first-order valence-electron chi connectivity index (χ1n) is 6.09. The number of nitrogens with two attached hydrogens (primary N) is 1. The number of hydrogen-bond acceptors (Lipinski definition) is 3. The maximum atomic E-state index is 11.7. The average Bonchev–Trinajstić information content (AvgIpc) is 2.36. The van der Waals surface area contributed by atoms with Gasteiger partial charge in [-0.2, -0.15) is 0 Å². The number of rotatable bonds is 6. The van der Waals surface area contributed by atoms with Crippen molar-refractivity contribution in [3.05, 3.63) is 29.6 Å². The number of carbonyl (C=O) groups is 1. The number of nitrogens with zero attached hydrogens (tertiary/aromatic N) is 1. The van der Waals surface area contributed by atoms with Crippen molar-refractivity contribution in [2.45, 2.75) is 33.2 Å². The number of hydrogen-bond donors (Lipinski definition) is 2. The van der Waals surface area contributed by atoms with Crippen LogP contribution in [0.3, 0.4) is 0 Å². The van der Waals surface area contributed by atoms with Crippen LogP contribution in [0, 0.1) is 5.92 Å². The van der Waals surface area contributed by atoms with E-state index in [1.807, 2.05) is 19.1 Å². The van der Waals surface area contributed by atoms with Crippen LogP contribution in [0.25, 0.3) is 0 Å². The number of aryl methyl sites for hydroxylation is 1. The summed E-state index contributed by atoms with van der Waals surface area (Å²) in [5, 5.41) is 2.90. The summed E-state index contributed by atoms with van der Waals surface area (Å²) >= 11 is 0. The molecule has 1 aromatic heterocycles. The third kappa shape index (κ3) is 4.15. The van der Waals surface area contributed by atoms with Gasteiger partial charge in [-0.1, -0.05) is 19.9 Å². The Morgan fingerprint density at radius 1 is 1.59 bits per heavy atom. The number of pyridine rings is 1. The minimum atomic E-state index is -0.0335. The molecule has 0 aliphatic heterocycles. The van der Waals surface area contributed by atoms with Gasteiger partial charge in [-0.3, -0.25) is 9.78 Å². The first-order valence-corrected chi connectivity index (χ1v) is 6.09. The van der Waals surface area contributed by atoms with E-state index in [0.717, 1.165) is 12.1 Å². The van der Waals surface area contributed by atoms with Crippen molar-refractivity contribution < 1.29 is 4.79 Å². The second-order valence-corrected chi connectivity index (χ2v) is 4.16. The van der Waals surface area contributed by atoms with Crippen molar-refractivity contribution in [3.63, 3.8) is 0 Å². The van der Waals surface area contributed by atoms with Crippen LogP contribution in [0.15, 0.2) is 18.3 Å². The molecular formula is C13H21N3O. The normalized spacial score (nSPS) is 12.2. The predicted octanol–water partition coefficient (Wildman–Crippen LogP) is 1.25. The molecule has 1 amide bonds. The number of aromatic nitrogens is 1. The van der Waals surface area contributed by atoms with Gasteiger partial charge in [0.2, 0.25) is 5.91 Å². The summed E-state index contributed by atoms with van der Waals surface area (Å²) in [6.07, 6.45) is 3.40. The zero-order valence-electron chi connectivity index (χ0n) is 10.6. The lowest BCUT2D eigenvalue weighted by Gasteiger charge is -2.12. The van der Waals surface area contributed by atoms with Gasteiger partial charge in [0.1, 0.15) is 0 Å². The highest BCUT2D eigenvalue weighted by Crippen LogP contribution is 2.06. The molecule has 4 nitrogen and oxygen atoms in total. The van der Waals surface area contributed by atoms with E-state index in [4.69, 9.17) is 5.73 Å². The third-order valence-corrected chi connectivity index (χ3v) is 2.84. The second kappa shape index (κ2) is 7.01. The molecule has 0 spiro atoms. The van der Waals surface area contributed by atoms with E-state index in [0.29, 0.717) is 19.5 Å². The Kier molecular flexibility index (Phi) is 5.63. The van der Waals surface area contributed by atoms with Crippen molar-refractivity contribution in [2.24, 2.45) is 11.7 Å². The van der Waals surface area contributed by atoms with E-state index in [1.54, 1.807) is 6.20 Å². The van der Waals surface area contributed by atoms with Crippen molar-refractivity contribution in [1.29, 1.82) is 0 Å². The molecule has 0 radical (unpaired) electrons. The molecule has 17 heavy (non-hydrogen) atoms. The van der Waals surface area contributed by atoms with E-state index in [9.17, 15) is 4.79 Å². The summed E-state index contributed by atoms with van der Waals surface area (Å²) in [5.74, 6) is 0.0111. The van der Waals surface area contributed by atoms with E-state index in [2.05, 4.69) is 17.2 Å². The predicted molar refractivity (Wildman–Crippen MR) is 68.3 cm³/mol. The Labute approximate surface area is 103 Å². The molecular weight excluding hydrogens is 214 g/mol. The van der Waals surface area contributed by atoms with Crippen LogP contribution in [0.4, 0.5) is 0 Å². The SMILES string of the molecule is CCc1cccnc1CNC(=O)C(C)CCN. The summed E-state index contributed by atoms with van der Waals surface area (Å²) in [5.41, 5.74) is 7.56. The van der Waals surface area contributed by atoms with Crippen molar-refractivity contribution in [2.75, 3.05) is 6.54 Å². The van der Waals surface area contributed by atoms with Gasteiger partial charge in [0.15, 0.2) is 0 Å². The molecule has 1 unspecified atom stereocenters. The Bertz CT molecular complexity index is 365. The van der Waals surface area contributed by atoms with Crippen molar-refractivity contribution in [3.8, 4) is 0 Å². The largest absolute Gasteiger partial charge is 0.350 e. The lowest BCUT2D eigenvalue weighted by Crippen LogP contribution is -2.30. The fourth-order valence-corrected chi connectivity index (χ4v) is 1.68. The van der Waals surface area contributed by atoms with Gasteiger partial charge in [0, 0.05) is 12.1 Å². The summed E-state index contributed by atoms with van der Waals surface area (Å²) in [6.45, 7) is 5.01. The molecule has 4 heteroatoms. The van der Waals surface area contributed by atoms with E-state index >= 15 is 0 Å². The highest BCUT2D eigenvalue weighted by molar-refractivity contribution is 5.78. The fourth-order valence-electron chi connectivity index (χ4n) is 1.68. The van der Waals surface area contributed by atoms with Crippen LogP contribution < -0.4 is 11.1 Å². The molecule has 0 saturated carbocycles. The fraction of sp³-hybridized carbons (Fsp3) is 0.538. The van der Waals surface area contributed by atoms with Gasteiger partial charge in [-0.15, -0.1) is 0 Å². The highest BCUT2D eigenvalue weighted by atomic mass is 16.1. The van der Waals surface area contributed by atoms with Gasteiger partial charge in [0.05, 0.1) is 12.2 Å². The molecule has 1 heterocycles. The van der Waals surface area contributed by atoms with Crippen LogP contribution in [0.2, 0.25) is 0 Å². The van der Waals surface area contributed by atoms with Crippen LogP contribution in [-0.2, 0) is 17.8 Å². The van der Waals surface area contributed by atoms with Gasteiger partial charge >= 0.3 is 0 Å². The summed E-state index contributed by atoms with van der Waals surface area (Å²) in [6, 6.07) is 3.96. The smallest absolute Gasteiger partial charge is 0.223 e. The van der Waals surface area contributed by atoms with Gasteiger partial charge in [0.25, 0.3) is 0 Å². The molecule has 1 atom stereocenters. The lowest BCUT2D eigenvalue weighted by molar-refractivity contribution is -0.124. The zero-order chi connectivity index (χ0) is 12.7. The molecule has 0 aliphatic carbocycles. The van der Waals surface area contributed by atoms with E-state index in [-0.39, 0.29) is 11.8 Å². The molecule has 0 aliphatic rings. The van der Waals surface area contributed by atoms with E-state index < -0.39 is 0 Å². The van der Waals surface area contributed by atoms with Crippen LogP contribution in [0.5, 0.6) is 0 Å². The Morgan fingerprint density at radius 2 is 2.35 bits per heavy atom. The second-order valence-electron chi connectivity index (χ2n) is 4.16. The monoisotopic (exact) mass is 235 g/mol. The molecule has 3 N–H and O–H groups in total. The Balaban J connectivity index is 2.52. The summed E-state index contributed by atoms with van der Waals surface area (Å²) < 4.78 is 0. The van der Waals surface area contributed by atoms with Crippen LogP contribution in [0.1, 0.15) is 31.5 Å². The average molecular weight is 235 g/mol. The standard InChI is InChI=1S/C13H21N3O/c1-3-11-5-4-8-15-12(11)9-16-13(17)10(2)6-7-14/h4-5,8,10H,3,6-7,9,14H2,1-2H3,(H,16,17). The minimum absolute atomic E-state index is 0.0335. The lowest BCUT2D eigenvalue weighted by atomic mass is 10.1. The van der Waals surface area contributed by atoms with Gasteiger partial charge in [-0.25, -0.2) is 0 Å². The maximum Gasteiger partial charge on any atom is 0.223 e. The molecule has 0 aromatic carbocycles. The van der Waals surface area contributed by atoms with Crippen molar-refractivity contribution >= 4 is 5.91 Å². The molecule has 1 aromatic rings. The third-order valence-electron chi connectivity index (χ3n) is 2.84. The maximum absolute atomic E-state index is 11.7. The molecule has 94 valence electrons. The zero-order valence-corrected chi connectivity index (χ0v) is 10.6. The Hall–Kier alpha value is -1.42. The Morgan fingerprint density at radius 3 is 3.00 bits per heavy atom. The number of amides is 1. The highest BCUT2D eigenvalue weighted by Gasteiger charge is 2.12. The topological polar surface area (TPSA) is 68.0 Å². The summed E-state index contributed by atoms with van der Waals surface area (Å²) in [4.78, 5) is 16.0. The molecule has 0 fully saturated rings. The van der Waals surface area contributed by atoms with Gasteiger partial charge in [-0.05, 0) is 31.0 Å². The first-order chi connectivity index (χ1) is 8.19. The molecule has 0 saturated heterocycles. The van der Waals surface area contributed by atoms with Crippen LogP contribution >= 0.6 is 0 Å². The van der Waals surface area contributed by atoms with Crippen molar-refractivity contribution in [1.82, 2.24) is 10.3 Å². The van der Waals surface area contributed by atoms with E-state index in [1.165, 1.54) is 5.56 Å². The molecule has 1 rings (SSSR count). The first kappa shape index (κ1) is 13.6. The quantitative estimate of drug-likeness (QED) is 0.779.